The van der Waals surface area contributed by atoms with Gasteiger partial charge in [-0.2, -0.15) is 0 Å². The molecule has 0 radical (unpaired) electrons. The van der Waals surface area contributed by atoms with E-state index in [9.17, 15) is 9.59 Å². The van der Waals surface area contributed by atoms with Crippen LogP contribution >= 0.6 is 11.6 Å². The highest BCUT2D eigenvalue weighted by Crippen LogP contribution is 2.32. The van der Waals surface area contributed by atoms with Crippen LogP contribution in [-0.2, 0) is 14.3 Å². The van der Waals surface area contributed by atoms with Crippen molar-refractivity contribution >= 4 is 23.5 Å². The number of aliphatic carboxylic acids is 1. The normalized spacial score (nSPS) is 17.4. The van der Waals surface area contributed by atoms with Crippen molar-refractivity contribution in [3.8, 4) is 0 Å². The first kappa shape index (κ1) is 23.5. The summed E-state index contributed by atoms with van der Waals surface area (Å²) >= 11 is 5.93. The summed E-state index contributed by atoms with van der Waals surface area (Å²) in [6, 6.07) is 17.3. The van der Waals surface area contributed by atoms with Crippen molar-refractivity contribution in [1.82, 2.24) is 4.90 Å². The lowest BCUT2D eigenvalue weighted by Gasteiger charge is -2.41. The Morgan fingerprint density at radius 3 is 2.23 bits per heavy atom. The van der Waals surface area contributed by atoms with Gasteiger partial charge in [-0.3, -0.25) is 4.79 Å². The zero-order valence-electron chi connectivity index (χ0n) is 17.5. The van der Waals surface area contributed by atoms with E-state index in [4.69, 9.17) is 21.4 Å². The standard InChI is InChI=1S/C17H20ClNO4.C7H8/c1-3-13(4-2)19-14(11-5-7-12(18)8-6-11)10-23-15(17(19)22)9-16(20)21;1-7-5-3-2-4-6-7/h5-9,13-14H,3-4,10H2,1-2H3,(H,20,21);2-6H,1H3/b15-9-;. The molecule has 160 valence electrons. The number of morpholine rings is 1. The van der Waals surface area contributed by atoms with E-state index in [1.165, 1.54) is 5.56 Å². The number of ether oxygens (including phenoxy) is 1. The van der Waals surface area contributed by atoms with E-state index in [1.54, 1.807) is 17.0 Å². The zero-order chi connectivity index (χ0) is 22.1. The first-order valence-electron chi connectivity index (χ1n) is 10.0. The molecule has 6 heteroatoms. The molecular weight excluding hydrogens is 402 g/mol. The SMILES string of the molecule is CCC(CC)N1C(=O)/C(=C/C(=O)O)OCC1c1ccc(Cl)cc1.Cc1ccccc1. The quantitative estimate of drug-likeness (QED) is 0.647. The van der Waals surface area contributed by atoms with Crippen molar-refractivity contribution in [3.63, 3.8) is 0 Å². The molecule has 0 spiro atoms. The summed E-state index contributed by atoms with van der Waals surface area (Å²) in [5, 5.41) is 9.52. The number of hydrogen-bond donors (Lipinski definition) is 1. The van der Waals surface area contributed by atoms with Crippen molar-refractivity contribution in [2.75, 3.05) is 6.61 Å². The number of rotatable bonds is 5. The van der Waals surface area contributed by atoms with Crippen molar-refractivity contribution in [2.45, 2.75) is 45.7 Å². The summed E-state index contributed by atoms with van der Waals surface area (Å²) < 4.78 is 5.42. The largest absolute Gasteiger partial charge is 0.485 e. The molecule has 1 heterocycles. The number of carbonyl (C=O) groups excluding carboxylic acids is 1. The molecule has 0 bridgehead atoms. The average Bonchev–Trinajstić information content (AvgIpc) is 2.73. The Bertz CT molecular complexity index is 861. The van der Waals surface area contributed by atoms with E-state index in [0.717, 1.165) is 24.5 Å². The Morgan fingerprint density at radius 2 is 1.77 bits per heavy atom. The highest BCUT2D eigenvalue weighted by atomic mass is 35.5. The number of hydrogen-bond acceptors (Lipinski definition) is 3. The smallest absolute Gasteiger partial charge is 0.332 e. The predicted octanol–water partition coefficient (Wildman–Crippen LogP) is 5.39. The molecule has 5 nitrogen and oxygen atoms in total. The molecular formula is C24H28ClNO4. The van der Waals surface area contributed by atoms with Gasteiger partial charge in [-0.05, 0) is 37.5 Å². The molecule has 30 heavy (non-hydrogen) atoms. The Hall–Kier alpha value is -2.79. The number of nitrogens with zero attached hydrogens (tertiary/aromatic N) is 1. The Morgan fingerprint density at radius 1 is 1.17 bits per heavy atom. The number of carbonyl (C=O) groups is 2. The van der Waals surface area contributed by atoms with Gasteiger partial charge in [0.1, 0.15) is 6.61 Å². The first-order valence-corrected chi connectivity index (χ1v) is 10.4. The Kier molecular flexibility index (Phi) is 8.93. The monoisotopic (exact) mass is 429 g/mol. The van der Waals surface area contributed by atoms with Crippen molar-refractivity contribution in [3.05, 3.63) is 82.6 Å². The number of carboxylic acids is 1. The summed E-state index contributed by atoms with van der Waals surface area (Å²) in [5.74, 6) is -1.69. The van der Waals surface area contributed by atoms with E-state index in [0.29, 0.717) is 5.02 Å². The van der Waals surface area contributed by atoms with E-state index >= 15 is 0 Å². The van der Waals surface area contributed by atoms with Gasteiger partial charge in [0.2, 0.25) is 0 Å². The average molecular weight is 430 g/mol. The molecule has 1 amide bonds. The second-order valence-electron chi connectivity index (χ2n) is 7.06. The summed E-state index contributed by atoms with van der Waals surface area (Å²) in [5.41, 5.74) is 2.24. The van der Waals surface area contributed by atoms with Gasteiger partial charge in [0.15, 0.2) is 5.76 Å². The van der Waals surface area contributed by atoms with Gasteiger partial charge >= 0.3 is 5.97 Å². The van der Waals surface area contributed by atoms with E-state index in [2.05, 4.69) is 19.1 Å². The van der Waals surface area contributed by atoms with Crippen LogP contribution in [0.3, 0.4) is 0 Å². The summed E-state index contributed by atoms with van der Waals surface area (Å²) in [6.45, 7) is 6.33. The number of carboxylic acid groups (broad SMARTS) is 1. The first-order chi connectivity index (χ1) is 14.4. The molecule has 1 fully saturated rings. The van der Waals surface area contributed by atoms with E-state index in [1.807, 2.05) is 44.2 Å². The lowest BCUT2D eigenvalue weighted by atomic mass is 9.99. The minimum Gasteiger partial charge on any atom is -0.485 e. The zero-order valence-corrected chi connectivity index (χ0v) is 18.3. The maximum atomic E-state index is 12.7. The number of amides is 1. The van der Waals surface area contributed by atoms with Crippen molar-refractivity contribution in [1.29, 1.82) is 0 Å². The summed E-state index contributed by atoms with van der Waals surface area (Å²) in [4.78, 5) is 25.3. The molecule has 0 aromatic heterocycles. The van der Waals surface area contributed by atoms with Gasteiger partial charge in [0.05, 0.1) is 12.1 Å². The maximum Gasteiger partial charge on any atom is 0.332 e. The molecule has 2 aromatic carbocycles. The second kappa shape index (κ2) is 11.4. The van der Waals surface area contributed by atoms with Crippen LogP contribution in [0.2, 0.25) is 5.02 Å². The molecule has 1 aliphatic heterocycles. The minimum absolute atomic E-state index is 0.0178. The molecule has 1 atom stereocenters. The third kappa shape index (κ3) is 6.36. The topological polar surface area (TPSA) is 66.8 Å². The number of halogens is 1. The Labute approximate surface area is 182 Å². The van der Waals surface area contributed by atoms with Gasteiger partial charge in [-0.15, -0.1) is 0 Å². The minimum atomic E-state index is -1.19. The summed E-state index contributed by atoms with van der Waals surface area (Å²) in [6.07, 6.45) is 2.40. The highest BCUT2D eigenvalue weighted by molar-refractivity contribution is 6.30. The lowest BCUT2D eigenvalue weighted by molar-refractivity contribution is -0.145. The molecule has 1 aliphatic rings. The molecule has 0 aliphatic carbocycles. The Balaban J connectivity index is 0.000000386. The van der Waals surface area contributed by atoms with Crippen LogP contribution in [0.5, 0.6) is 0 Å². The van der Waals surface area contributed by atoms with Crippen LogP contribution in [0.15, 0.2) is 66.4 Å². The van der Waals surface area contributed by atoms with Crippen molar-refractivity contribution in [2.24, 2.45) is 0 Å². The van der Waals surface area contributed by atoms with Crippen LogP contribution in [0.25, 0.3) is 0 Å². The molecule has 1 saturated heterocycles. The van der Waals surface area contributed by atoms with E-state index < -0.39 is 5.97 Å². The van der Waals surface area contributed by atoms with Crippen LogP contribution < -0.4 is 0 Å². The van der Waals surface area contributed by atoms with Gasteiger partial charge in [-0.1, -0.05) is 73.5 Å². The van der Waals surface area contributed by atoms with Gasteiger partial charge in [0, 0.05) is 11.1 Å². The molecule has 1 unspecified atom stereocenters. The van der Waals surface area contributed by atoms with Gasteiger partial charge < -0.3 is 14.7 Å². The van der Waals surface area contributed by atoms with Crippen molar-refractivity contribution < 1.29 is 19.4 Å². The fourth-order valence-electron chi connectivity index (χ4n) is 3.37. The van der Waals surface area contributed by atoms with Crippen LogP contribution in [-0.4, -0.2) is 34.5 Å². The lowest BCUT2D eigenvalue weighted by Crippen LogP contribution is -2.48. The maximum absolute atomic E-state index is 12.7. The third-order valence-corrected chi connectivity index (χ3v) is 5.22. The van der Waals surface area contributed by atoms with Gasteiger partial charge in [0.25, 0.3) is 5.91 Å². The fourth-order valence-corrected chi connectivity index (χ4v) is 3.50. The van der Waals surface area contributed by atoms with Crippen LogP contribution in [0.1, 0.15) is 43.9 Å². The number of benzene rings is 2. The highest BCUT2D eigenvalue weighted by Gasteiger charge is 2.37. The van der Waals surface area contributed by atoms with Gasteiger partial charge in [-0.25, -0.2) is 4.79 Å². The predicted molar refractivity (Wildman–Crippen MR) is 118 cm³/mol. The van der Waals surface area contributed by atoms with E-state index in [-0.39, 0.29) is 30.4 Å². The molecule has 1 N–H and O–H groups in total. The van der Waals surface area contributed by atoms with Crippen LogP contribution in [0, 0.1) is 6.92 Å². The molecule has 3 rings (SSSR count). The molecule has 0 saturated carbocycles. The fraction of sp³-hybridized carbons (Fsp3) is 0.333. The summed E-state index contributed by atoms with van der Waals surface area (Å²) in [7, 11) is 0. The van der Waals surface area contributed by atoms with Crippen LogP contribution in [0.4, 0.5) is 0 Å². The molecule has 2 aromatic rings. The number of aryl methyl sites for hydroxylation is 1. The second-order valence-corrected chi connectivity index (χ2v) is 7.50. The third-order valence-electron chi connectivity index (χ3n) is 4.96.